The van der Waals surface area contributed by atoms with Gasteiger partial charge in [-0.25, -0.2) is 4.68 Å². The molecule has 0 aliphatic heterocycles. The minimum Gasteiger partial charge on any atom is -0.310 e. The fraction of sp³-hybridized carbons (Fsp3) is 0.412. The van der Waals surface area contributed by atoms with Crippen LogP contribution in [0.4, 0.5) is 19.0 Å². The molecule has 1 fully saturated rings. The maximum absolute atomic E-state index is 12.7. The highest BCUT2D eigenvalue weighted by Gasteiger charge is 2.30. The smallest absolute Gasteiger partial charge is 0.310 e. The van der Waals surface area contributed by atoms with E-state index in [1.54, 1.807) is 18.3 Å². The van der Waals surface area contributed by atoms with Crippen LogP contribution >= 0.6 is 11.8 Å². The number of carbonyl (C=O) groups excluding carboxylic acids is 1. The van der Waals surface area contributed by atoms with E-state index in [4.69, 9.17) is 0 Å². The Morgan fingerprint density at radius 2 is 2.04 bits per heavy atom. The molecule has 25 heavy (non-hydrogen) atoms. The molecule has 0 unspecified atom stereocenters. The molecule has 134 valence electrons. The predicted octanol–water partition coefficient (Wildman–Crippen LogP) is 4.75. The summed E-state index contributed by atoms with van der Waals surface area (Å²) in [6.45, 7) is 0. The number of anilines is 1. The molecule has 0 spiro atoms. The summed E-state index contributed by atoms with van der Waals surface area (Å²) in [5.41, 5.74) is -0.711. The fourth-order valence-electron chi connectivity index (χ4n) is 2.94. The number of hydrogen-bond acceptors (Lipinski definition) is 3. The average molecular weight is 369 g/mol. The van der Waals surface area contributed by atoms with Gasteiger partial charge in [-0.2, -0.15) is 18.3 Å². The standard InChI is InChI=1S/C17H18F3N3OS/c18-17(19,20)12-4-3-7-14(10-12)25-11-16(24)22-15-8-9-21-23(15)13-5-1-2-6-13/h3-4,7-10,13H,1-2,5-6,11H2,(H,22,24). The van der Waals surface area contributed by atoms with Crippen LogP contribution in [0.25, 0.3) is 0 Å². The van der Waals surface area contributed by atoms with Crippen LogP contribution in [-0.4, -0.2) is 21.4 Å². The highest BCUT2D eigenvalue weighted by Crippen LogP contribution is 2.33. The second-order valence-corrected chi connectivity index (χ2v) is 7.01. The highest BCUT2D eigenvalue weighted by molar-refractivity contribution is 8.00. The van der Waals surface area contributed by atoms with Crippen LogP contribution in [0.5, 0.6) is 0 Å². The van der Waals surface area contributed by atoms with Crippen molar-refractivity contribution in [3.8, 4) is 0 Å². The molecule has 1 aromatic carbocycles. The number of alkyl halides is 3. The first-order chi connectivity index (χ1) is 11.9. The Morgan fingerprint density at radius 1 is 1.28 bits per heavy atom. The minimum atomic E-state index is -4.38. The number of benzene rings is 1. The lowest BCUT2D eigenvalue weighted by atomic mass is 10.2. The van der Waals surface area contributed by atoms with Gasteiger partial charge >= 0.3 is 6.18 Å². The van der Waals surface area contributed by atoms with Gasteiger partial charge in [-0.15, -0.1) is 11.8 Å². The van der Waals surface area contributed by atoms with E-state index in [9.17, 15) is 18.0 Å². The first-order valence-electron chi connectivity index (χ1n) is 8.07. The van der Waals surface area contributed by atoms with Crippen LogP contribution in [-0.2, 0) is 11.0 Å². The number of aromatic nitrogens is 2. The average Bonchev–Trinajstić information content (AvgIpc) is 3.23. The number of hydrogen-bond donors (Lipinski definition) is 1. The van der Waals surface area contributed by atoms with Crippen molar-refractivity contribution in [2.24, 2.45) is 0 Å². The second-order valence-electron chi connectivity index (χ2n) is 5.96. The number of rotatable bonds is 5. The van der Waals surface area contributed by atoms with Gasteiger partial charge in [0, 0.05) is 11.0 Å². The Morgan fingerprint density at radius 3 is 2.76 bits per heavy atom. The summed E-state index contributed by atoms with van der Waals surface area (Å²) in [7, 11) is 0. The third-order valence-electron chi connectivity index (χ3n) is 4.14. The molecule has 4 nitrogen and oxygen atoms in total. The van der Waals surface area contributed by atoms with Gasteiger partial charge in [0.15, 0.2) is 0 Å². The Bertz CT molecular complexity index is 739. The van der Waals surface area contributed by atoms with Gasteiger partial charge in [-0.05, 0) is 31.0 Å². The third-order valence-corrected chi connectivity index (χ3v) is 5.13. The monoisotopic (exact) mass is 369 g/mol. The molecule has 1 amide bonds. The van der Waals surface area contributed by atoms with Crippen molar-refractivity contribution in [3.05, 3.63) is 42.1 Å². The van der Waals surface area contributed by atoms with Crippen molar-refractivity contribution in [3.63, 3.8) is 0 Å². The van der Waals surface area contributed by atoms with Gasteiger partial charge in [0.05, 0.1) is 23.6 Å². The van der Waals surface area contributed by atoms with Gasteiger partial charge in [-0.1, -0.05) is 18.9 Å². The summed E-state index contributed by atoms with van der Waals surface area (Å²) in [4.78, 5) is 12.5. The quantitative estimate of drug-likeness (QED) is 0.774. The molecule has 2 aromatic rings. The fourth-order valence-corrected chi connectivity index (χ4v) is 3.70. The number of nitrogens with one attached hydrogen (secondary N) is 1. The highest BCUT2D eigenvalue weighted by atomic mass is 32.2. The van der Waals surface area contributed by atoms with Crippen LogP contribution in [0.15, 0.2) is 41.4 Å². The molecule has 1 aliphatic carbocycles. The number of thioether (sulfide) groups is 1. The van der Waals surface area contributed by atoms with Crippen molar-refractivity contribution in [2.75, 3.05) is 11.1 Å². The zero-order valence-corrected chi connectivity index (χ0v) is 14.2. The summed E-state index contributed by atoms with van der Waals surface area (Å²) >= 11 is 1.08. The van der Waals surface area contributed by atoms with Crippen LogP contribution in [0.2, 0.25) is 0 Å². The van der Waals surface area contributed by atoms with Gasteiger partial charge < -0.3 is 5.32 Å². The Hall–Kier alpha value is -1.96. The molecule has 0 radical (unpaired) electrons. The normalized spacial score (nSPS) is 15.5. The molecule has 0 saturated heterocycles. The first-order valence-corrected chi connectivity index (χ1v) is 9.05. The Labute approximate surface area is 147 Å². The number of nitrogens with zero attached hydrogens (tertiary/aromatic N) is 2. The lowest BCUT2D eigenvalue weighted by Gasteiger charge is -2.14. The van der Waals surface area contributed by atoms with Gasteiger partial charge in [-0.3, -0.25) is 4.79 Å². The summed E-state index contributed by atoms with van der Waals surface area (Å²) in [6, 6.07) is 7.03. The zero-order chi connectivity index (χ0) is 17.9. The molecule has 1 saturated carbocycles. The molecule has 1 heterocycles. The molecule has 1 aromatic heterocycles. The van der Waals surface area contributed by atoms with Gasteiger partial charge in [0.1, 0.15) is 5.82 Å². The predicted molar refractivity (Wildman–Crippen MR) is 90.5 cm³/mol. The van der Waals surface area contributed by atoms with Gasteiger partial charge in [0.25, 0.3) is 0 Å². The van der Waals surface area contributed by atoms with Crippen LogP contribution in [0.1, 0.15) is 37.3 Å². The van der Waals surface area contributed by atoms with E-state index < -0.39 is 11.7 Å². The van der Waals surface area contributed by atoms with E-state index in [2.05, 4.69) is 10.4 Å². The topological polar surface area (TPSA) is 46.9 Å². The van der Waals surface area contributed by atoms with Gasteiger partial charge in [0.2, 0.25) is 5.91 Å². The minimum absolute atomic E-state index is 0.0388. The molecule has 3 rings (SSSR count). The number of carbonyl (C=O) groups is 1. The zero-order valence-electron chi connectivity index (χ0n) is 13.4. The van der Waals surface area contributed by atoms with Crippen molar-refractivity contribution in [1.29, 1.82) is 0 Å². The van der Waals surface area contributed by atoms with E-state index in [-0.39, 0.29) is 11.7 Å². The van der Waals surface area contributed by atoms with Crippen LogP contribution < -0.4 is 5.32 Å². The number of halogens is 3. The lowest BCUT2D eigenvalue weighted by molar-refractivity contribution is -0.137. The molecular weight excluding hydrogens is 351 g/mol. The van der Waals surface area contributed by atoms with Crippen LogP contribution in [0, 0.1) is 0 Å². The van der Waals surface area contributed by atoms with Crippen molar-refractivity contribution in [1.82, 2.24) is 9.78 Å². The van der Waals surface area contributed by atoms with Crippen molar-refractivity contribution >= 4 is 23.5 Å². The maximum Gasteiger partial charge on any atom is 0.416 e. The maximum atomic E-state index is 12.7. The lowest BCUT2D eigenvalue weighted by Crippen LogP contribution is -2.19. The molecule has 1 aliphatic rings. The number of amides is 1. The summed E-state index contributed by atoms with van der Waals surface area (Å²) in [5.74, 6) is 0.417. The second kappa shape index (κ2) is 7.51. The molecular formula is C17H18F3N3OS. The molecule has 0 atom stereocenters. The van der Waals surface area contributed by atoms with E-state index in [1.807, 2.05) is 4.68 Å². The van der Waals surface area contributed by atoms with E-state index in [1.165, 1.54) is 6.07 Å². The molecule has 0 bridgehead atoms. The SMILES string of the molecule is O=C(CSc1cccc(C(F)(F)F)c1)Nc1ccnn1C1CCCC1. The van der Waals surface area contributed by atoms with Crippen LogP contribution in [0.3, 0.4) is 0 Å². The van der Waals surface area contributed by atoms with E-state index >= 15 is 0 Å². The summed E-state index contributed by atoms with van der Waals surface area (Å²) < 4.78 is 40.0. The molecule has 8 heteroatoms. The van der Waals surface area contributed by atoms with E-state index in [0.29, 0.717) is 16.8 Å². The van der Waals surface area contributed by atoms with Crippen molar-refractivity contribution < 1.29 is 18.0 Å². The Kier molecular flexibility index (Phi) is 5.36. The summed E-state index contributed by atoms with van der Waals surface area (Å²) in [5, 5.41) is 7.08. The largest absolute Gasteiger partial charge is 0.416 e. The Balaban J connectivity index is 1.58. The van der Waals surface area contributed by atoms with E-state index in [0.717, 1.165) is 49.6 Å². The third kappa shape index (κ3) is 4.56. The summed E-state index contributed by atoms with van der Waals surface area (Å²) in [6.07, 6.45) is 1.67. The van der Waals surface area contributed by atoms with Crippen molar-refractivity contribution in [2.45, 2.75) is 42.8 Å². The molecule has 1 N–H and O–H groups in total. The first kappa shape index (κ1) is 17.8.